The van der Waals surface area contributed by atoms with Crippen LogP contribution in [-0.4, -0.2) is 38.0 Å². The topological polar surface area (TPSA) is 113 Å². The highest BCUT2D eigenvalue weighted by Gasteiger charge is 2.21. The molecule has 1 aromatic rings. The van der Waals surface area contributed by atoms with Crippen molar-refractivity contribution < 1.29 is 23.1 Å². The predicted molar refractivity (Wildman–Crippen MR) is 85.6 cm³/mol. The van der Waals surface area contributed by atoms with Crippen molar-refractivity contribution in [3.05, 3.63) is 42.5 Å². The Hall–Kier alpha value is -2.19. The number of hydrogen-bond donors (Lipinski definition) is 3. The molecule has 126 valence electrons. The van der Waals surface area contributed by atoms with Crippen LogP contribution >= 0.6 is 0 Å². The molecule has 0 aliphatic carbocycles. The van der Waals surface area contributed by atoms with E-state index in [2.05, 4.69) is 16.6 Å². The Kier molecular flexibility index (Phi) is 6.47. The van der Waals surface area contributed by atoms with Crippen LogP contribution in [0.25, 0.3) is 0 Å². The molecule has 0 radical (unpaired) electrons. The van der Waals surface area contributed by atoms with E-state index in [-0.39, 0.29) is 17.0 Å². The molecule has 0 saturated heterocycles. The highest BCUT2D eigenvalue weighted by Crippen LogP contribution is 2.11. The maximum Gasteiger partial charge on any atom is 0.308 e. The number of benzene rings is 1. The van der Waals surface area contributed by atoms with Gasteiger partial charge in [-0.3, -0.25) is 9.59 Å². The lowest BCUT2D eigenvalue weighted by Gasteiger charge is -2.17. The van der Waals surface area contributed by atoms with Crippen LogP contribution in [0.15, 0.2) is 41.8 Å². The van der Waals surface area contributed by atoms with Crippen molar-refractivity contribution in [2.45, 2.75) is 24.8 Å². The fraction of sp³-hybridized carbons (Fsp3) is 0.333. The molecule has 0 aliphatic rings. The van der Waals surface area contributed by atoms with Crippen LogP contribution in [0.2, 0.25) is 0 Å². The van der Waals surface area contributed by atoms with E-state index >= 15 is 0 Å². The Labute approximate surface area is 135 Å². The van der Waals surface area contributed by atoms with Crippen LogP contribution < -0.4 is 10.0 Å². The van der Waals surface area contributed by atoms with Crippen LogP contribution in [0.3, 0.4) is 0 Å². The van der Waals surface area contributed by atoms with Crippen molar-refractivity contribution in [2.75, 3.05) is 6.54 Å². The van der Waals surface area contributed by atoms with Gasteiger partial charge in [0.1, 0.15) is 0 Å². The van der Waals surface area contributed by atoms with Gasteiger partial charge in [0, 0.05) is 18.2 Å². The molecule has 2 unspecified atom stereocenters. The van der Waals surface area contributed by atoms with Gasteiger partial charge in [0.15, 0.2) is 0 Å². The minimum atomic E-state index is -3.64. The smallest absolute Gasteiger partial charge is 0.308 e. The summed E-state index contributed by atoms with van der Waals surface area (Å²) in [5, 5.41) is 11.5. The summed E-state index contributed by atoms with van der Waals surface area (Å²) >= 11 is 0. The number of rotatable bonds is 8. The first kappa shape index (κ1) is 18.9. The first-order valence-corrected chi connectivity index (χ1v) is 8.41. The second-order valence-electron chi connectivity index (χ2n) is 5.05. The molecule has 23 heavy (non-hydrogen) atoms. The summed E-state index contributed by atoms with van der Waals surface area (Å²) < 4.78 is 26.1. The number of carboxylic acid groups (broad SMARTS) is 1. The molecule has 1 amide bonds. The summed E-state index contributed by atoms with van der Waals surface area (Å²) in [6, 6.07) is 4.81. The molecule has 0 heterocycles. The number of amides is 1. The van der Waals surface area contributed by atoms with Gasteiger partial charge in [-0.05, 0) is 38.1 Å². The lowest BCUT2D eigenvalue weighted by Crippen LogP contribution is -2.40. The molecule has 0 bridgehead atoms. The third-order valence-electron chi connectivity index (χ3n) is 3.34. The molecule has 1 rings (SSSR count). The molecule has 2 atom stereocenters. The van der Waals surface area contributed by atoms with Gasteiger partial charge in [0.2, 0.25) is 10.0 Å². The molecule has 0 fully saturated rings. The minimum Gasteiger partial charge on any atom is -0.481 e. The van der Waals surface area contributed by atoms with Gasteiger partial charge in [-0.1, -0.05) is 6.08 Å². The van der Waals surface area contributed by atoms with Crippen molar-refractivity contribution in [3.63, 3.8) is 0 Å². The average molecular weight is 340 g/mol. The van der Waals surface area contributed by atoms with E-state index in [1.54, 1.807) is 6.92 Å². The zero-order chi connectivity index (χ0) is 17.6. The van der Waals surface area contributed by atoms with E-state index in [0.717, 1.165) is 0 Å². The van der Waals surface area contributed by atoms with Gasteiger partial charge >= 0.3 is 5.97 Å². The van der Waals surface area contributed by atoms with Crippen LogP contribution in [0, 0.1) is 5.92 Å². The van der Waals surface area contributed by atoms with Gasteiger partial charge in [-0.25, -0.2) is 13.1 Å². The Morgan fingerprint density at radius 3 is 2.30 bits per heavy atom. The number of carbonyl (C=O) groups is 2. The molecule has 1 aromatic carbocycles. The summed E-state index contributed by atoms with van der Waals surface area (Å²) in [5.74, 6) is -2.21. The Bertz CT molecular complexity index is 682. The van der Waals surface area contributed by atoms with Gasteiger partial charge in [-0.15, -0.1) is 6.58 Å². The van der Waals surface area contributed by atoms with E-state index in [9.17, 15) is 18.0 Å². The largest absolute Gasteiger partial charge is 0.481 e. The Balaban J connectivity index is 2.82. The molecule has 3 N–H and O–H groups in total. The van der Waals surface area contributed by atoms with E-state index in [4.69, 9.17) is 5.11 Å². The molecule has 0 aromatic heterocycles. The molecule has 0 spiro atoms. The average Bonchev–Trinajstić information content (AvgIpc) is 2.52. The second kappa shape index (κ2) is 7.89. The highest BCUT2D eigenvalue weighted by molar-refractivity contribution is 7.89. The third kappa shape index (κ3) is 5.19. The number of aliphatic carboxylic acids is 1. The summed E-state index contributed by atoms with van der Waals surface area (Å²) in [7, 11) is -3.64. The number of carboxylic acids is 1. The molecule has 8 heteroatoms. The summed E-state index contributed by atoms with van der Waals surface area (Å²) in [4.78, 5) is 22.9. The van der Waals surface area contributed by atoms with E-state index in [0.29, 0.717) is 0 Å². The normalized spacial score (nSPS) is 13.8. The Morgan fingerprint density at radius 2 is 1.83 bits per heavy atom. The number of sulfonamides is 1. The quantitative estimate of drug-likeness (QED) is 0.611. The maximum atomic E-state index is 12.0. The van der Waals surface area contributed by atoms with Gasteiger partial charge in [0.25, 0.3) is 5.91 Å². The zero-order valence-corrected chi connectivity index (χ0v) is 13.8. The lowest BCUT2D eigenvalue weighted by molar-refractivity contribution is -0.141. The number of carbonyl (C=O) groups excluding carboxylic acids is 1. The number of nitrogens with one attached hydrogen (secondary N) is 2. The molecular formula is C15H20N2O5S. The van der Waals surface area contributed by atoms with Crippen molar-refractivity contribution in [2.24, 2.45) is 5.92 Å². The Morgan fingerprint density at radius 1 is 1.26 bits per heavy atom. The lowest BCUT2D eigenvalue weighted by atomic mass is 10.0. The molecule has 7 nitrogen and oxygen atoms in total. The summed E-state index contributed by atoms with van der Waals surface area (Å²) in [6.45, 7) is 6.62. The van der Waals surface area contributed by atoms with E-state index in [1.165, 1.54) is 37.3 Å². The fourth-order valence-electron chi connectivity index (χ4n) is 1.67. The maximum absolute atomic E-state index is 12.0. The van der Waals surface area contributed by atoms with E-state index in [1.807, 2.05) is 0 Å². The van der Waals surface area contributed by atoms with E-state index < -0.39 is 33.9 Å². The second-order valence-corrected chi connectivity index (χ2v) is 6.82. The van der Waals surface area contributed by atoms with Crippen LogP contribution in [0.4, 0.5) is 0 Å². The van der Waals surface area contributed by atoms with Gasteiger partial charge < -0.3 is 10.4 Å². The predicted octanol–water partition coefficient (Wildman–Crippen LogP) is 0.990. The SMILES string of the molecule is C=CCNS(=O)(=O)c1ccc(C(=O)NC(C)C(C)C(=O)O)cc1. The number of hydrogen-bond acceptors (Lipinski definition) is 4. The zero-order valence-electron chi connectivity index (χ0n) is 12.9. The fourth-order valence-corrected chi connectivity index (χ4v) is 2.66. The first-order chi connectivity index (χ1) is 10.7. The van der Waals surface area contributed by atoms with Crippen molar-refractivity contribution >= 4 is 21.9 Å². The highest BCUT2D eigenvalue weighted by atomic mass is 32.2. The first-order valence-electron chi connectivity index (χ1n) is 6.93. The molecular weight excluding hydrogens is 320 g/mol. The van der Waals surface area contributed by atoms with Crippen LogP contribution in [-0.2, 0) is 14.8 Å². The molecule has 0 saturated carbocycles. The van der Waals surface area contributed by atoms with Crippen molar-refractivity contribution in [3.8, 4) is 0 Å². The monoisotopic (exact) mass is 340 g/mol. The third-order valence-corrected chi connectivity index (χ3v) is 4.78. The van der Waals surface area contributed by atoms with Crippen molar-refractivity contribution in [1.29, 1.82) is 0 Å². The van der Waals surface area contributed by atoms with Gasteiger partial charge in [0.05, 0.1) is 10.8 Å². The standard InChI is InChI=1S/C15H20N2O5S/c1-4-9-16-23(21,22)13-7-5-12(6-8-13)14(18)17-11(3)10(2)15(19)20/h4-8,10-11,16H,1,9H2,2-3H3,(H,17,18)(H,19,20). The minimum absolute atomic E-state index is 0.0304. The van der Waals surface area contributed by atoms with Crippen LogP contribution in [0.5, 0.6) is 0 Å². The van der Waals surface area contributed by atoms with Gasteiger partial charge in [-0.2, -0.15) is 0 Å². The van der Waals surface area contributed by atoms with Crippen LogP contribution in [0.1, 0.15) is 24.2 Å². The summed E-state index contributed by atoms with van der Waals surface area (Å²) in [6.07, 6.45) is 1.42. The van der Waals surface area contributed by atoms with Crippen molar-refractivity contribution in [1.82, 2.24) is 10.0 Å². The summed E-state index contributed by atoms with van der Waals surface area (Å²) in [5.41, 5.74) is 0.247. The molecule has 0 aliphatic heterocycles.